The van der Waals surface area contributed by atoms with Crippen LogP contribution in [0.2, 0.25) is 0 Å². The summed E-state index contributed by atoms with van der Waals surface area (Å²) in [6, 6.07) is 5.56. The van der Waals surface area contributed by atoms with Gasteiger partial charge in [0, 0.05) is 0 Å². The molecule has 0 spiro atoms. The predicted molar refractivity (Wildman–Crippen MR) is 51.1 cm³/mol. The first-order valence-electron chi connectivity index (χ1n) is 3.89. The van der Waals surface area contributed by atoms with Crippen LogP contribution in [0.25, 0.3) is 0 Å². The number of aryl methyl sites for hydroxylation is 1. The third-order valence-electron chi connectivity index (χ3n) is 1.53. The Hall–Kier alpha value is -0.480. The normalized spacial score (nSPS) is 13.9. The van der Waals surface area contributed by atoms with E-state index in [1.54, 1.807) is 6.92 Å². The Morgan fingerprint density at radius 3 is 2.15 bits per heavy atom. The van der Waals surface area contributed by atoms with E-state index in [-0.39, 0.29) is 4.90 Å². The van der Waals surface area contributed by atoms with E-state index < -0.39 is 17.0 Å². The quantitative estimate of drug-likeness (QED) is 0.723. The Morgan fingerprint density at radius 2 is 1.77 bits per heavy atom. The summed E-state index contributed by atoms with van der Waals surface area (Å²) in [5.74, 6) is 0. The molecule has 0 unspecified atom stereocenters. The molecule has 0 bridgehead atoms. The summed E-state index contributed by atoms with van der Waals surface area (Å²) in [6.07, 6.45) is 0. The molecule has 1 aromatic rings. The van der Waals surface area contributed by atoms with E-state index in [2.05, 4.69) is 0 Å². The lowest BCUT2D eigenvalue weighted by Crippen LogP contribution is -1.97. The highest BCUT2D eigenvalue weighted by atomic mass is 32.8. The molecular formula is C7H10O4PS+. The number of hydrogen-bond donors (Lipinski definition) is 2. The van der Waals surface area contributed by atoms with Gasteiger partial charge in [-0.15, -0.1) is 0 Å². The van der Waals surface area contributed by atoms with Crippen molar-refractivity contribution in [1.29, 1.82) is 1.28 Å². The van der Waals surface area contributed by atoms with Gasteiger partial charge in [0.25, 0.3) is 0 Å². The van der Waals surface area contributed by atoms with Crippen LogP contribution in [-0.2, 0) is 9.46 Å². The second-order valence-corrected chi connectivity index (χ2v) is 6.89. The Kier molecular flexibility index (Phi) is 2.60. The Bertz CT molecular complexity index is 420. The van der Waals surface area contributed by atoms with Gasteiger partial charge in [-0.25, -0.2) is 9.79 Å². The van der Waals surface area contributed by atoms with Crippen molar-refractivity contribution in [3.63, 3.8) is 0 Å². The zero-order valence-corrected chi connectivity index (χ0v) is 8.59. The highest BCUT2D eigenvalue weighted by molar-refractivity contribution is 8.46. The molecule has 0 saturated heterocycles. The smallest absolute Gasteiger partial charge is 0.206 e. The van der Waals surface area contributed by atoms with Crippen LogP contribution in [0.4, 0.5) is 0 Å². The summed E-state index contributed by atoms with van der Waals surface area (Å²) < 4.78 is 29.4. The van der Waals surface area contributed by atoms with Crippen LogP contribution in [0.1, 0.15) is 5.56 Å². The molecule has 0 aliphatic carbocycles. The van der Waals surface area contributed by atoms with Crippen molar-refractivity contribution in [3.05, 3.63) is 29.8 Å². The van der Waals surface area contributed by atoms with E-state index in [0.29, 0.717) is 0 Å². The lowest BCUT2D eigenvalue weighted by Gasteiger charge is -1.98. The maximum atomic E-state index is 11.3. The first kappa shape index (κ1) is 9.09. The molecule has 0 atom stereocenters. The van der Waals surface area contributed by atoms with Crippen LogP contribution in [0.3, 0.4) is 0 Å². The van der Waals surface area contributed by atoms with Crippen molar-refractivity contribution in [2.24, 2.45) is 0 Å². The molecule has 2 N–H and O–H groups in total. The molecule has 0 amide bonds. The van der Waals surface area contributed by atoms with Crippen LogP contribution in [0, 0.1) is 6.92 Å². The SMILES string of the molecule is [2H][P+](O)(O)S(=O)(=O)c1ccc(C)cc1. The van der Waals surface area contributed by atoms with E-state index in [4.69, 9.17) is 11.1 Å². The fraction of sp³-hybridized carbons (Fsp3) is 0.143. The molecular weight excluding hydrogens is 211 g/mol. The van der Waals surface area contributed by atoms with Gasteiger partial charge in [-0.05, 0) is 19.1 Å². The number of hydrogen-bond acceptors (Lipinski definition) is 4. The molecule has 0 aliphatic rings. The molecule has 0 fully saturated rings. The average Bonchev–Trinajstić information content (AvgIpc) is 2.03. The fourth-order valence-corrected chi connectivity index (χ4v) is 2.40. The molecule has 4 nitrogen and oxygen atoms in total. The summed E-state index contributed by atoms with van der Waals surface area (Å²) in [5, 5.41) is 0. The van der Waals surface area contributed by atoms with E-state index in [1.807, 2.05) is 0 Å². The standard InChI is InChI=1S/C7H9O4PS/c1-6-2-4-7(5-3-6)13(10,11)12(8)9/h2-5,8-9H,1H3/p+1/i/hD. The van der Waals surface area contributed by atoms with Crippen LogP contribution < -0.4 is 0 Å². The maximum absolute atomic E-state index is 11.3. The molecule has 0 heterocycles. The highest BCUT2D eigenvalue weighted by Crippen LogP contribution is 2.38. The van der Waals surface area contributed by atoms with Gasteiger partial charge in [0.1, 0.15) is 4.90 Å². The molecule has 0 aliphatic heterocycles. The number of rotatable bonds is 2. The van der Waals surface area contributed by atoms with Gasteiger partial charge in [-0.3, -0.25) is 0 Å². The van der Waals surface area contributed by atoms with Gasteiger partial charge >= 0.3 is 18.3 Å². The van der Waals surface area contributed by atoms with E-state index in [1.165, 1.54) is 24.3 Å². The zero-order valence-electron chi connectivity index (χ0n) is 7.88. The first-order valence-corrected chi connectivity index (χ1v) is 6.78. The second-order valence-electron chi connectivity index (χ2n) is 2.54. The summed E-state index contributed by atoms with van der Waals surface area (Å²) >= 11 is 0. The lowest BCUT2D eigenvalue weighted by molar-refractivity contribution is 0.494. The largest absolute Gasteiger partial charge is 0.376 e. The summed E-state index contributed by atoms with van der Waals surface area (Å²) in [7, 11) is -8.94. The molecule has 1 rings (SSSR count). The monoisotopic (exact) mass is 222 g/mol. The Balaban J connectivity index is 3.25. The van der Waals surface area contributed by atoms with Crippen molar-refractivity contribution in [1.82, 2.24) is 0 Å². The van der Waals surface area contributed by atoms with Crippen molar-refractivity contribution in [2.45, 2.75) is 11.8 Å². The van der Waals surface area contributed by atoms with Crippen LogP contribution >= 0.6 is 7.52 Å². The van der Waals surface area contributed by atoms with Gasteiger partial charge in [-0.1, -0.05) is 17.7 Å². The van der Waals surface area contributed by atoms with Crippen LogP contribution in [0.5, 0.6) is 0 Å². The molecule has 0 saturated carbocycles. The first-order chi connectivity index (χ1) is 6.25. The molecule has 13 heavy (non-hydrogen) atoms. The zero-order chi connectivity index (χ0) is 11.0. The second kappa shape index (κ2) is 3.72. The minimum absolute atomic E-state index is 0.239. The lowest BCUT2D eigenvalue weighted by atomic mass is 10.2. The Labute approximate surface area is 78.7 Å². The van der Waals surface area contributed by atoms with Crippen molar-refractivity contribution in [2.75, 3.05) is 0 Å². The molecule has 0 aromatic heterocycles. The van der Waals surface area contributed by atoms with Crippen LogP contribution in [0.15, 0.2) is 29.2 Å². The third kappa shape index (κ3) is 2.25. The highest BCUT2D eigenvalue weighted by Gasteiger charge is 2.30. The van der Waals surface area contributed by atoms with Gasteiger partial charge in [0.05, 0.1) is 0 Å². The summed E-state index contributed by atoms with van der Waals surface area (Å²) in [5.41, 5.74) is 0.855. The summed E-state index contributed by atoms with van der Waals surface area (Å²) in [6.45, 7) is 1.78. The predicted octanol–water partition coefficient (Wildman–Crippen LogP) is 0.713. The van der Waals surface area contributed by atoms with Gasteiger partial charge in [0.15, 0.2) is 0 Å². The molecule has 0 radical (unpaired) electrons. The minimum atomic E-state index is -4.63. The fourth-order valence-electron chi connectivity index (χ4n) is 0.805. The van der Waals surface area contributed by atoms with E-state index in [0.717, 1.165) is 5.56 Å². The molecule has 6 heteroatoms. The van der Waals surface area contributed by atoms with Gasteiger partial charge < -0.3 is 0 Å². The van der Waals surface area contributed by atoms with Gasteiger partial charge in [-0.2, -0.15) is 8.42 Å². The van der Waals surface area contributed by atoms with E-state index in [9.17, 15) is 8.42 Å². The van der Waals surface area contributed by atoms with Crippen molar-refractivity contribution in [3.8, 4) is 0 Å². The third-order valence-corrected chi connectivity index (χ3v) is 4.75. The van der Waals surface area contributed by atoms with Crippen LogP contribution in [-0.4, -0.2) is 19.5 Å². The minimum Gasteiger partial charge on any atom is -0.206 e. The summed E-state index contributed by atoms with van der Waals surface area (Å²) in [4.78, 5) is 17.4. The average molecular weight is 222 g/mol. The molecule has 1 aromatic carbocycles. The topological polar surface area (TPSA) is 74.6 Å². The van der Waals surface area contributed by atoms with E-state index >= 15 is 0 Å². The maximum Gasteiger partial charge on any atom is 0.376 e. The van der Waals surface area contributed by atoms with Gasteiger partial charge in [0.2, 0.25) is 0 Å². The number of benzene rings is 1. The van der Waals surface area contributed by atoms with Crippen molar-refractivity contribution >= 4 is 17.0 Å². The van der Waals surface area contributed by atoms with Crippen molar-refractivity contribution < 1.29 is 18.2 Å². The Morgan fingerprint density at radius 1 is 1.31 bits per heavy atom. The molecule has 72 valence electrons.